The van der Waals surface area contributed by atoms with E-state index in [9.17, 15) is 0 Å². The van der Waals surface area contributed by atoms with Gasteiger partial charge in [-0.25, -0.2) is 0 Å². The van der Waals surface area contributed by atoms with Crippen molar-refractivity contribution >= 4 is 5.57 Å². The van der Waals surface area contributed by atoms with Crippen molar-refractivity contribution < 1.29 is 9.47 Å². The molecule has 4 rings (SSSR count). The van der Waals surface area contributed by atoms with Gasteiger partial charge in [0, 0.05) is 0 Å². The zero-order chi connectivity index (χ0) is 25.0. The summed E-state index contributed by atoms with van der Waals surface area (Å²) in [4.78, 5) is 0. The molecule has 0 atom stereocenters. The molecule has 2 aromatic rings. The Morgan fingerprint density at radius 3 is 2.36 bits per heavy atom. The van der Waals surface area contributed by atoms with Crippen LogP contribution in [0.1, 0.15) is 96.5 Å². The summed E-state index contributed by atoms with van der Waals surface area (Å²) >= 11 is 0. The number of hydrogen-bond donors (Lipinski definition) is 0. The Kier molecular flexibility index (Phi) is 10.3. The fourth-order valence-corrected chi connectivity index (χ4v) is 5.31. The number of ether oxygens (including phenoxy) is 2. The maximum atomic E-state index is 6.35. The molecule has 0 aromatic heterocycles. The quantitative estimate of drug-likeness (QED) is 0.220. The predicted octanol–water partition coefficient (Wildman–Crippen LogP) is 10.1. The molecule has 1 fully saturated rings. The minimum absolute atomic E-state index is 0.398. The molecule has 0 heterocycles. The number of benzene rings is 2. The Balaban J connectivity index is 1.46. The van der Waals surface area contributed by atoms with Crippen molar-refractivity contribution in [1.82, 2.24) is 0 Å². The highest BCUT2D eigenvalue weighted by molar-refractivity contribution is 5.87. The second-order valence-corrected chi connectivity index (χ2v) is 10.3. The third-order valence-corrected chi connectivity index (χ3v) is 7.51. The lowest BCUT2D eigenvalue weighted by Gasteiger charge is -2.25. The predicted molar refractivity (Wildman–Crippen MR) is 153 cm³/mol. The normalized spacial score (nSPS) is 17.6. The molecule has 2 aliphatic carbocycles. The Bertz CT molecular complexity index is 1040. The van der Waals surface area contributed by atoms with Crippen LogP contribution in [0.15, 0.2) is 78.1 Å². The number of unbranched alkanes of at least 4 members (excludes halogenated alkanes) is 5. The minimum Gasteiger partial charge on any atom is -0.495 e. The molecule has 0 amide bonds. The Morgan fingerprint density at radius 2 is 1.61 bits per heavy atom. The van der Waals surface area contributed by atoms with E-state index in [1.807, 2.05) is 0 Å². The fraction of sp³-hybridized carbons (Fsp3) is 0.471. The summed E-state index contributed by atoms with van der Waals surface area (Å²) in [6.07, 6.45) is 22.2. The van der Waals surface area contributed by atoms with Gasteiger partial charge < -0.3 is 9.47 Å². The summed E-state index contributed by atoms with van der Waals surface area (Å²) < 4.78 is 12.5. The van der Waals surface area contributed by atoms with Gasteiger partial charge in [-0.2, -0.15) is 0 Å². The van der Waals surface area contributed by atoms with Crippen LogP contribution >= 0.6 is 0 Å². The van der Waals surface area contributed by atoms with E-state index in [4.69, 9.17) is 9.47 Å². The molecule has 0 bridgehead atoms. The zero-order valence-electron chi connectivity index (χ0n) is 22.4. The van der Waals surface area contributed by atoms with Crippen LogP contribution in [0.5, 0.6) is 5.75 Å². The topological polar surface area (TPSA) is 18.5 Å². The summed E-state index contributed by atoms with van der Waals surface area (Å²) in [7, 11) is 0. The molecule has 0 spiro atoms. The summed E-state index contributed by atoms with van der Waals surface area (Å²) in [6.45, 7) is 5.19. The van der Waals surface area contributed by atoms with E-state index in [2.05, 4.69) is 80.6 Å². The number of hydrogen-bond acceptors (Lipinski definition) is 2. The van der Waals surface area contributed by atoms with Gasteiger partial charge in [0.25, 0.3) is 0 Å². The van der Waals surface area contributed by atoms with Crippen molar-refractivity contribution in [2.75, 3.05) is 6.61 Å². The molecule has 2 aromatic carbocycles. The Labute approximate surface area is 219 Å². The maximum absolute atomic E-state index is 6.35. The van der Waals surface area contributed by atoms with E-state index >= 15 is 0 Å². The molecule has 0 aliphatic heterocycles. The van der Waals surface area contributed by atoms with Gasteiger partial charge in [-0.3, -0.25) is 0 Å². The van der Waals surface area contributed by atoms with Crippen LogP contribution in [0.4, 0.5) is 0 Å². The van der Waals surface area contributed by atoms with Crippen LogP contribution in [0.25, 0.3) is 16.7 Å². The summed E-state index contributed by atoms with van der Waals surface area (Å²) in [5.41, 5.74) is 6.28. The maximum Gasteiger partial charge on any atom is 0.119 e. The number of rotatable bonds is 12. The molecule has 0 radical (unpaired) electrons. The minimum atomic E-state index is 0.398. The average molecular weight is 485 g/mol. The molecule has 2 aliphatic rings. The third-order valence-electron chi connectivity index (χ3n) is 7.51. The van der Waals surface area contributed by atoms with E-state index < -0.39 is 0 Å². The molecular weight excluding hydrogens is 440 g/mol. The lowest BCUT2D eigenvalue weighted by atomic mass is 9.90. The van der Waals surface area contributed by atoms with Crippen molar-refractivity contribution in [1.29, 1.82) is 0 Å². The van der Waals surface area contributed by atoms with Crippen LogP contribution < -0.4 is 4.74 Å². The SMILES string of the molecule is CCCCCCCCOc1ccc(-c2ccccc2)c(C2=CC/C(=C(/C)OC3CCCCC3)C=C2)c1. The summed E-state index contributed by atoms with van der Waals surface area (Å²) in [6, 6.07) is 17.3. The fourth-order valence-electron chi connectivity index (χ4n) is 5.31. The van der Waals surface area contributed by atoms with E-state index in [1.165, 1.54) is 92.0 Å². The van der Waals surface area contributed by atoms with Gasteiger partial charge in [0.1, 0.15) is 5.75 Å². The molecule has 36 heavy (non-hydrogen) atoms. The molecule has 192 valence electrons. The molecule has 1 saturated carbocycles. The first kappa shape index (κ1) is 26.3. The molecule has 0 N–H and O–H groups in total. The van der Waals surface area contributed by atoms with Crippen molar-refractivity contribution in [3.63, 3.8) is 0 Å². The molecule has 2 nitrogen and oxygen atoms in total. The van der Waals surface area contributed by atoms with Gasteiger partial charge in [-0.1, -0.05) is 100 Å². The first-order chi connectivity index (χ1) is 17.7. The standard InChI is InChI=1S/C34H44O2/c1-3-4-5-6-7-14-25-35-32-23-24-33(29-15-10-8-11-16-29)34(26-32)30-21-19-28(20-22-30)27(2)36-31-17-12-9-13-18-31/h8,10-11,15-16,19,21-24,26,31H,3-7,9,12-14,17-18,20,25H2,1-2H3/b28-27-. The third kappa shape index (κ3) is 7.63. The number of allylic oxidation sites excluding steroid dienone is 6. The molecule has 0 unspecified atom stereocenters. The smallest absolute Gasteiger partial charge is 0.119 e. The van der Waals surface area contributed by atoms with E-state index in [0.717, 1.165) is 31.0 Å². The van der Waals surface area contributed by atoms with Crippen molar-refractivity contribution in [3.8, 4) is 16.9 Å². The Hall–Kier alpha value is -2.74. The lowest BCUT2D eigenvalue weighted by Crippen LogP contribution is -2.16. The summed E-state index contributed by atoms with van der Waals surface area (Å²) in [5, 5.41) is 0. The molecule has 2 heteroatoms. The highest BCUT2D eigenvalue weighted by Gasteiger charge is 2.17. The molecular formula is C34H44O2. The van der Waals surface area contributed by atoms with Crippen molar-refractivity contribution in [2.45, 2.75) is 97.0 Å². The highest BCUT2D eigenvalue weighted by Crippen LogP contribution is 2.36. The van der Waals surface area contributed by atoms with Gasteiger partial charge in [-0.15, -0.1) is 0 Å². The van der Waals surface area contributed by atoms with E-state index in [0.29, 0.717) is 6.10 Å². The van der Waals surface area contributed by atoms with Crippen LogP contribution in [0, 0.1) is 0 Å². The van der Waals surface area contributed by atoms with Crippen LogP contribution in [0.2, 0.25) is 0 Å². The second kappa shape index (κ2) is 14.1. The second-order valence-electron chi connectivity index (χ2n) is 10.3. The average Bonchev–Trinajstić information content (AvgIpc) is 2.93. The zero-order valence-corrected chi connectivity index (χ0v) is 22.4. The van der Waals surface area contributed by atoms with E-state index in [-0.39, 0.29) is 0 Å². The summed E-state index contributed by atoms with van der Waals surface area (Å²) in [5.74, 6) is 2.05. The van der Waals surface area contributed by atoms with Gasteiger partial charge in [0.05, 0.1) is 18.5 Å². The lowest BCUT2D eigenvalue weighted by molar-refractivity contribution is 0.0819. The monoisotopic (exact) mass is 484 g/mol. The van der Waals surface area contributed by atoms with E-state index in [1.54, 1.807) is 0 Å². The van der Waals surface area contributed by atoms with Crippen LogP contribution in [-0.4, -0.2) is 12.7 Å². The van der Waals surface area contributed by atoms with Gasteiger partial charge in [0.2, 0.25) is 0 Å². The van der Waals surface area contributed by atoms with Crippen molar-refractivity contribution in [2.24, 2.45) is 0 Å². The Morgan fingerprint density at radius 1 is 0.833 bits per heavy atom. The van der Waals surface area contributed by atoms with Gasteiger partial charge in [-0.05, 0) is 85.4 Å². The van der Waals surface area contributed by atoms with Crippen LogP contribution in [-0.2, 0) is 4.74 Å². The first-order valence-electron chi connectivity index (χ1n) is 14.3. The largest absolute Gasteiger partial charge is 0.495 e. The molecule has 0 saturated heterocycles. The van der Waals surface area contributed by atoms with Crippen LogP contribution in [0.3, 0.4) is 0 Å². The first-order valence-corrected chi connectivity index (χ1v) is 14.3. The van der Waals surface area contributed by atoms with Crippen molar-refractivity contribution in [3.05, 3.63) is 83.7 Å². The van der Waals surface area contributed by atoms with Gasteiger partial charge in [0.15, 0.2) is 0 Å². The highest BCUT2D eigenvalue weighted by atomic mass is 16.5. The van der Waals surface area contributed by atoms with Gasteiger partial charge >= 0.3 is 0 Å².